The number of rotatable bonds is 6. The van der Waals surface area contributed by atoms with Gasteiger partial charge in [0.25, 0.3) is 0 Å². The fraction of sp³-hybridized carbons (Fsp3) is 0.933. The standard InChI is InChI=1S/C15H29N3O/c1-12(2)10-18-7-5-13(11-18)9-17-15(19)8-14-4-3-6-16-14/h12-14,16H,3-11H2,1-2H3,(H,17,19). The number of nitrogens with one attached hydrogen (secondary N) is 2. The second kappa shape index (κ2) is 7.25. The Labute approximate surface area is 117 Å². The molecule has 0 radical (unpaired) electrons. The summed E-state index contributed by atoms with van der Waals surface area (Å²) in [7, 11) is 0. The van der Waals surface area contributed by atoms with Crippen LogP contribution in [0.5, 0.6) is 0 Å². The number of carbonyl (C=O) groups excluding carboxylic acids is 1. The van der Waals surface area contributed by atoms with Crippen LogP contribution in [0.2, 0.25) is 0 Å². The van der Waals surface area contributed by atoms with Crippen LogP contribution in [-0.2, 0) is 4.79 Å². The molecule has 2 saturated heterocycles. The van der Waals surface area contributed by atoms with Crippen LogP contribution in [0.15, 0.2) is 0 Å². The van der Waals surface area contributed by atoms with Crippen molar-refractivity contribution in [3.63, 3.8) is 0 Å². The van der Waals surface area contributed by atoms with Crippen LogP contribution in [0.4, 0.5) is 0 Å². The van der Waals surface area contributed by atoms with E-state index in [2.05, 4.69) is 29.4 Å². The van der Waals surface area contributed by atoms with Crippen molar-refractivity contribution >= 4 is 5.91 Å². The summed E-state index contributed by atoms with van der Waals surface area (Å²) in [6.07, 6.45) is 4.25. The Morgan fingerprint density at radius 2 is 2.26 bits per heavy atom. The first-order valence-corrected chi connectivity index (χ1v) is 7.86. The van der Waals surface area contributed by atoms with Crippen molar-refractivity contribution in [2.24, 2.45) is 11.8 Å². The summed E-state index contributed by atoms with van der Waals surface area (Å²) in [6.45, 7) is 10.0. The third kappa shape index (κ3) is 5.11. The molecular formula is C15H29N3O. The zero-order valence-corrected chi connectivity index (χ0v) is 12.5. The van der Waals surface area contributed by atoms with E-state index in [-0.39, 0.29) is 5.91 Å². The van der Waals surface area contributed by atoms with Crippen molar-refractivity contribution < 1.29 is 4.79 Å². The summed E-state index contributed by atoms with van der Waals surface area (Å²) in [5.41, 5.74) is 0. The molecule has 19 heavy (non-hydrogen) atoms. The maximum absolute atomic E-state index is 11.9. The topological polar surface area (TPSA) is 44.4 Å². The molecule has 0 aliphatic carbocycles. The molecule has 2 atom stereocenters. The fourth-order valence-electron chi connectivity index (χ4n) is 3.25. The fourth-order valence-corrected chi connectivity index (χ4v) is 3.25. The lowest BCUT2D eigenvalue weighted by molar-refractivity contribution is -0.121. The molecule has 4 nitrogen and oxygen atoms in total. The minimum atomic E-state index is 0.224. The van der Waals surface area contributed by atoms with Crippen molar-refractivity contribution in [3.8, 4) is 0 Å². The van der Waals surface area contributed by atoms with E-state index in [9.17, 15) is 4.79 Å². The first-order valence-electron chi connectivity index (χ1n) is 7.86. The number of nitrogens with zero attached hydrogens (tertiary/aromatic N) is 1. The largest absolute Gasteiger partial charge is 0.356 e. The van der Waals surface area contributed by atoms with Gasteiger partial charge in [-0.1, -0.05) is 13.8 Å². The second-order valence-electron chi connectivity index (χ2n) is 6.61. The predicted octanol–water partition coefficient (Wildman–Crippen LogP) is 1.22. The van der Waals surface area contributed by atoms with E-state index in [1.807, 2.05) is 0 Å². The van der Waals surface area contributed by atoms with Crippen LogP contribution in [0.25, 0.3) is 0 Å². The smallest absolute Gasteiger partial charge is 0.221 e. The van der Waals surface area contributed by atoms with Crippen LogP contribution < -0.4 is 10.6 Å². The van der Waals surface area contributed by atoms with Crippen molar-refractivity contribution in [2.45, 2.75) is 45.6 Å². The highest BCUT2D eigenvalue weighted by Gasteiger charge is 2.24. The van der Waals surface area contributed by atoms with Gasteiger partial charge in [0.05, 0.1) is 0 Å². The first-order chi connectivity index (χ1) is 9.13. The van der Waals surface area contributed by atoms with Crippen molar-refractivity contribution in [3.05, 3.63) is 0 Å². The molecule has 0 aromatic carbocycles. The molecule has 0 spiro atoms. The van der Waals surface area contributed by atoms with Crippen molar-refractivity contribution in [1.82, 2.24) is 15.5 Å². The van der Waals surface area contributed by atoms with E-state index in [4.69, 9.17) is 0 Å². The quantitative estimate of drug-likeness (QED) is 0.760. The van der Waals surface area contributed by atoms with Gasteiger partial charge in [-0.25, -0.2) is 0 Å². The van der Waals surface area contributed by atoms with Gasteiger partial charge in [0.2, 0.25) is 5.91 Å². The molecule has 2 aliphatic heterocycles. The van der Waals surface area contributed by atoms with E-state index in [0.717, 1.165) is 32.0 Å². The molecule has 0 aromatic rings. The number of amides is 1. The van der Waals surface area contributed by atoms with Gasteiger partial charge in [-0.3, -0.25) is 4.79 Å². The summed E-state index contributed by atoms with van der Waals surface area (Å²) in [5.74, 6) is 1.61. The molecule has 2 heterocycles. The molecule has 2 rings (SSSR count). The molecule has 0 bridgehead atoms. The third-order valence-electron chi connectivity index (χ3n) is 4.18. The van der Waals surface area contributed by atoms with Crippen LogP contribution in [-0.4, -0.2) is 49.6 Å². The molecule has 2 fully saturated rings. The zero-order valence-electron chi connectivity index (χ0n) is 12.5. The number of likely N-dealkylation sites (tertiary alicyclic amines) is 1. The average Bonchev–Trinajstić information content (AvgIpc) is 2.97. The molecular weight excluding hydrogens is 238 g/mol. The molecule has 2 unspecified atom stereocenters. The van der Waals surface area contributed by atoms with Crippen LogP contribution in [0, 0.1) is 11.8 Å². The van der Waals surface area contributed by atoms with Crippen molar-refractivity contribution in [1.29, 1.82) is 0 Å². The van der Waals surface area contributed by atoms with E-state index in [0.29, 0.717) is 18.4 Å². The lowest BCUT2D eigenvalue weighted by atomic mass is 10.1. The number of hydrogen-bond acceptors (Lipinski definition) is 3. The second-order valence-corrected chi connectivity index (χ2v) is 6.61. The Bertz CT molecular complexity index is 287. The van der Waals surface area contributed by atoms with Crippen molar-refractivity contribution in [2.75, 3.05) is 32.7 Å². The maximum Gasteiger partial charge on any atom is 0.221 e. The first kappa shape index (κ1) is 14.8. The molecule has 110 valence electrons. The van der Waals surface area contributed by atoms with Crippen LogP contribution in [0.1, 0.15) is 39.5 Å². The van der Waals surface area contributed by atoms with Crippen LogP contribution >= 0.6 is 0 Å². The Morgan fingerprint density at radius 3 is 2.95 bits per heavy atom. The molecule has 0 aromatic heterocycles. The minimum absolute atomic E-state index is 0.224. The Hall–Kier alpha value is -0.610. The monoisotopic (exact) mass is 267 g/mol. The van der Waals surface area contributed by atoms with Gasteiger partial charge in [-0.2, -0.15) is 0 Å². The highest BCUT2D eigenvalue weighted by Crippen LogP contribution is 2.16. The van der Waals surface area contributed by atoms with E-state index in [1.54, 1.807) is 0 Å². The normalized spacial score (nSPS) is 28.2. The van der Waals surface area contributed by atoms with Gasteiger partial charge in [0.1, 0.15) is 0 Å². The van der Waals surface area contributed by atoms with Gasteiger partial charge in [-0.05, 0) is 44.2 Å². The number of carbonyl (C=O) groups is 1. The lowest BCUT2D eigenvalue weighted by Gasteiger charge is -2.18. The van der Waals surface area contributed by atoms with Crippen LogP contribution in [0.3, 0.4) is 0 Å². The predicted molar refractivity (Wildman–Crippen MR) is 78.0 cm³/mol. The SMILES string of the molecule is CC(C)CN1CCC(CNC(=O)CC2CCCN2)C1. The third-order valence-corrected chi connectivity index (χ3v) is 4.18. The molecule has 0 saturated carbocycles. The summed E-state index contributed by atoms with van der Waals surface area (Å²) in [5, 5.41) is 6.49. The Kier molecular flexibility index (Phi) is 5.64. The summed E-state index contributed by atoms with van der Waals surface area (Å²) < 4.78 is 0. The van der Waals surface area contributed by atoms with E-state index >= 15 is 0 Å². The van der Waals surface area contributed by atoms with Gasteiger partial charge in [0.15, 0.2) is 0 Å². The Balaban J connectivity index is 1.59. The molecule has 2 aliphatic rings. The summed E-state index contributed by atoms with van der Waals surface area (Å²) in [4.78, 5) is 14.4. The molecule has 1 amide bonds. The minimum Gasteiger partial charge on any atom is -0.356 e. The van der Waals surface area contributed by atoms with Gasteiger partial charge < -0.3 is 15.5 Å². The lowest BCUT2D eigenvalue weighted by Crippen LogP contribution is -2.35. The summed E-state index contributed by atoms with van der Waals surface area (Å²) >= 11 is 0. The van der Waals surface area contributed by atoms with Gasteiger partial charge in [0, 0.05) is 32.1 Å². The zero-order chi connectivity index (χ0) is 13.7. The molecule has 4 heteroatoms. The maximum atomic E-state index is 11.9. The molecule has 2 N–H and O–H groups in total. The van der Waals surface area contributed by atoms with E-state index in [1.165, 1.54) is 25.9 Å². The van der Waals surface area contributed by atoms with Gasteiger partial charge >= 0.3 is 0 Å². The number of hydrogen-bond donors (Lipinski definition) is 2. The highest BCUT2D eigenvalue weighted by atomic mass is 16.1. The average molecular weight is 267 g/mol. The summed E-state index contributed by atoms with van der Waals surface area (Å²) in [6, 6.07) is 0.418. The van der Waals surface area contributed by atoms with E-state index < -0.39 is 0 Å². The van der Waals surface area contributed by atoms with Gasteiger partial charge in [-0.15, -0.1) is 0 Å². The Morgan fingerprint density at radius 1 is 1.42 bits per heavy atom. The highest BCUT2D eigenvalue weighted by molar-refractivity contribution is 5.76.